The van der Waals surface area contributed by atoms with Gasteiger partial charge in [0.25, 0.3) is 0 Å². The Morgan fingerprint density at radius 2 is 1.78 bits per heavy atom. The molecule has 2 atom stereocenters. The number of allylic oxidation sites excluding steroid dienone is 3. The number of carbonyl (C=O) groups is 1. The average Bonchev–Trinajstić information content (AvgIpc) is 3.30. The lowest BCUT2D eigenvalue weighted by molar-refractivity contribution is -0.0803. The summed E-state index contributed by atoms with van der Waals surface area (Å²) in [5.41, 5.74) is 1.44. The van der Waals surface area contributed by atoms with Gasteiger partial charge in [0.05, 0.1) is 12.7 Å². The second kappa shape index (κ2) is 9.09. The zero-order valence-electron chi connectivity index (χ0n) is 21.1. The van der Waals surface area contributed by atoms with Gasteiger partial charge in [0.15, 0.2) is 34.7 Å². The van der Waals surface area contributed by atoms with Crippen LogP contribution >= 0.6 is 0 Å². The van der Waals surface area contributed by atoms with Crippen LogP contribution < -0.4 is 28.4 Å². The summed E-state index contributed by atoms with van der Waals surface area (Å²) in [5.74, 6) is 2.07. The topological polar surface area (TPSA) is 92.7 Å². The maximum Gasteiger partial charge on any atom is 0.231 e. The van der Waals surface area contributed by atoms with Crippen molar-refractivity contribution in [3.05, 3.63) is 58.2 Å². The molecule has 190 valence electrons. The third-order valence-corrected chi connectivity index (χ3v) is 6.54. The van der Waals surface area contributed by atoms with E-state index in [4.69, 9.17) is 28.4 Å². The second-order valence-corrected chi connectivity index (χ2v) is 9.56. The number of ketones is 1. The first-order chi connectivity index (χ1) is 17.2. The lowest BCUT2D eigenvalue weighted by Gasteiger charge is -2.43. The predicted octanol–water partition coefficient (Wildman–Crippen LogP) is 4.50. The molecule has 5 rings (SSSR count). The molecule has 0 aromatic heterocycles. The van der Waals surface area contributed by atoms with Crippen molar-refractivity contribution in [3.8, 4) is 34.5 Å². The van der Waals surface area contributed by atoms with Gasteiger partial charge in [-0.3, -0.25) is 4.79 Å². The molecule has 0 saturated heterocycles. The predicted molar refractivity (Wildman–Crippen MR) is 132 cm³/mol. The lowest BCUT2D eigenvalue weighted by Crippen LogP contribution is -2.57. The molecular weight excluding hydrogens is 464 g/mol. The molecule has 2 unspecified atom stereocenters. The molecule has 8 heteroatoms. The normalized spacial score (nSPS) is 20.7. The van der Waals surface area contributed by atoms with Gasteiger partial charge in [-0.25, -0.2) is 0 Å². The Labute approximate surface area is 210 Å². The molecule has 3 heterocycles. The van der Waals surface area contributed by atoms with E-state index >= 15 is 0 Å². The van der Waals surface area contributed by atoms with Crippen molar-refractivity contribution in [2.75, 3.05) is 27.1 Å². The summed E-state index contributed by atoms with van der Waals surface area (Å²) in [5, 5.41) is 11.9. The molecular formula is C28H30O8. The van der Waals surface area contributed by atoms with Crippen LogP contribution in [0.4, 0.5) is 0 Å². The van der Waals surface area contributed by atoms with Crippen molar-refractivity contribution in [2.45, 2.75) is 45.8 Å². The highest BCUT2D eigenvalue weighted by molar-refractivity contribution is 6.08. The van der Waals surface area contributed by atoms with Crippen LogP contribution in [0.5, 0.6) is 34.5 Å². The minimum atomic E-state index is -1.97. The van der Waals surface area contributed by atoms with Gasteiger partial charge in [-0.15, -0.1) is 0 Å². The molecule has 1 N–H and O–H groups in total. The van der Waals surface area contributed by atoms with Crippen LogP contribution in [0.1, 0.15) is 49.2 Å². The van der Waals surface area contributed by atoms with E-state index in [0.717, 1.165) is 11.1 Å². The molecule has 0 saturated carbocycles. The van der Waals surface area contributed by atoms with E-state index in [1.54, 1.807) is 18.2 Å². The summed E-state index contributed by atoms with van der Waals surface area (Å²) >= 11 is 0. The third-order valence-electron chi connectivity index (χ3n) is 6.54. The SMILES string of the molecule is COc1cc2c(c(CC=C(C)C)c1OCC=C(C)C)OC1COc3cc4c(cc3C1(O)C2=O)OCO4. The lowest BCUT2D eigenvalue weighted by atomic mass is 9.77. The minimum Gasteiger partial charge on any atom is -0.493 e. The number of benzene rings is 2. The molecule has 0 radical (unpaired) electrons. The van der Waals surface area contributed by atoms with Gasteiger partial charge in [0.1, 0.15) is 24.7 Å². The van der Waals surface area contributed by atoms with E-state index in [9.17, 15) is 9.90 Å². The van der Waals surface area contributed by atoms with Crippen LogP contribution in [0, 0.1) is 0 Å². The van der Waals surface area contributed by atoms with Gasteiger partial charge >= 0.3 is 0 Å². The largest absolute Gasteiger partial charge is 0.493 e. The fourth-order valence-corrected chi connectivity index (χ4v) is 4.61. The van der Waals surface area contributed by atoms with E-state index in [2.05, 4.69) is 0 Å². The summed E-state index contributed by atoms with van der Waals surface area (Å²) in [6.45, 7) is 8.37. The monoisotopic (exact) mass is 494 g/mol. The van der Waals surface area contributed by atoms with Crippen LogP contribution in [0.15, 0.2) is 41.5 Å². The second-order valence-electron chi connectivity index (χ2n) is 9.56. The number of hydrogen-bond acceptors (Lipinski definition) is 8. The Bertz CT molecular complexity index is 1280. The average molecular weight is 495 g/mol. The smallest absolute Gasteiger partial charge is 0.231 e. The van der Waals surface area contributed by atoms with Crippen molar-refractivity contribution < 1.29 is 38.3 Å². The maximum absolute atomic E-state index is 14.0. The van der Waals surface area contributed by atoms with Crippen molar-refractivity contribution in [3.63, 3.8) is 0 Å². The number of fused-ring (bicyclic) bond motifs is 5. The molecule has 3 aliphatic rings. The van der Waals surface area contributed by atoms with Gasteiger partial charge in [-0.1, -0.05) is 17.2 Å². The fourth-order valence-electron chi connectivity index (χ4n) is 4.61. The summed E-state index contributed by atoms with van der Waals surface area (Å²) in [4.78, 5) is 14.0. The number of Topliss-reactive ketones (excluding diaryl/α,β-unsaturated/α-hetero) is 1. The van der Waals surface area contributed by atoms with E-state index in [0.29, 0.717) is 53.1 Å². The van der Waals surface area contributed by atoms with E-state index < -0.39 is 17.5 Å². The van der Waals surface area contributed by atoms with Gasteiger partial charge in [0, 0.05) is 17.2 Å². The quantitative estimate of drug-likeness (QED) is 0.587. The molecule has 8 nitrogen and oxygen atoms in total. The summed E-state index contributed by atoms with van der Waals surface area (Å²) in [6.07, 6.45) is 3.49. The van der Waals surface area contributed by atoms with Crippen molar-refractivity contribution in [1.82, 2.24) is 0 Å². The van der Waals surface area contributed by atoms with Crippen LogP contribution in [-0.2, 0) is 12.0 Å². The number of ether oxygens (including phenoxy) is 6. The van der Waals surface area contributed by atoms with Gasteiger partial charge in [-0.05, 0) is 52.3 Å². The number of methoxy groups -OCH3 is 1. The number of rotatable bonds is 6. The fraction of sp³-hybridized carbons (Fsp3) is 0.393. The highest BCUT2D eigenvalue weighted by Crippen LogP contribution is 2.52. The molecule has 0 amide bonds. The van der Waals surface area contributed by atoms with Gasteiger partial charge < -0.3 is 33.5 Å². The minimum absolute atomic E-state index is 0.0175. The first-order valence-corrected chi connectivity index (χ1v) is 11.9. The molecule has 0 spiro atoms. The van der Waals surface area contributed by atoms with Crippen LogP contribution in [-0.4, -0.2) is 44.1 Å². The van der Waals surface area contributed by atoms with Crippen LogP contribution in [0.3, 0.4) is 0 Å². The first-order valence-electron chi connectivity index (χ1n) is 11.9. The zero-order valence-corrected chi connectivity index (χ0v) is 21.1. The molecule has 36 heavy (non-hydrogen) atoms. The van der Waals surface area contributed by atoms with Crippen molar-refractivity contribution in [2.24, 2.45) is 0 Å². The Kier molecular flexibility index (Phi) is 6.08. The number of hydrogen-bond donors (Lipinski definition) is 1. The molecule has 0 fully saturated rings. The van der Waals surface area contributed by atoms with Gasteiger partial charge in [-0.2, -0.15) is 0 Å². The summed E-state index contributed by atoms with van der Waals surface area (Å²) in [6, 6.07) is 4.81. The van der Waals surface area contributed by atoms with E-state index in [-0.39, 0.29) is 24.5 Å². The molecule has 3 aliphatic heterocycles. The van der Waals surface area contributed by atoms with Gasteiger partial charge in [0.2, 0.25) is 12.6 Å². The van der Waals surface area contributed by atoms with Crippen molar-refractivity contribution in [1.29, 1.82) is 0 Å². The number of carbonyl (C=O) groups excluding carboxylic acids is 1. The Hall–Kier alpha value is -3.65. The van der Waals surface area contributed by atoms with Crippen molar-refractivity contribution >= 4 is 5.78 Å². The Morgan fingerprint density at radius 1 is 1.06 bits per heavy atom. The maximum atomic E-state index is 14.0. The van der Waals surface area contributed by atoms with E-state index in [1.807, 2.05) is 39.8 Å². The van der Waals surface area contributed by atoms with Crippen LogP contribution in [0.2, 0.25) is 0 Å². The number of aliphatic hydroxyl groups is 1. The molecule has 2 aromatic rings. The standard InChI is InChI=1S/C28H30O8/c1-15(2)6-7-17-25-18(10-23(31-5)26(17)32-9-8-16(3)4)27(29)28(30)19-11-21-22(35-14-34-21)12-20(19)33-13-24(28)36-25/h6,8,10-12,24,30H,7,9,13-14H2,1-5H3. The first kappa shape index (κ1) is 24.1. The highest BCUT2D eigenvalue weighted by Gasteiger charge is 2.57. The van der Waals surface area contributed by atoms with E-state index in [1.165, 1.54) is 7.11 Å². The Morgan fingerprint density at radius 3 is 2.47 bits per heavy atom. The third kappa shape index (κ3) is 3.86. The zero-order chi connectivity index (χ0) is 25.6. The molecule has 0 aliphatic carbocycles. The summed E-state index contributed by atoms with van der Waals surface area (Å²) in [7, 11) is 1.52. The molecule has 2 aromatic carbocycles. The summed E-state index contributed by atoms with van der Waals surface area (Å²) < 4.78 is 35.0. The Balaban J connectivity index is 1.65. The molecule has 0 bridgehead atoms. The van der Waals surface area contributed by atoms with Crippen LogP contribution in [0.25, 0.3) is 0 Å². The highest BCUT2D eigenvalue weighted by atomic mass is 16.7.